The van der Waals surface area contributed by atoms with Crippen molar-refractivity contribution in [1.82, 2.24) is 0 Å². The van der Waals surface area contributed by atoms with Gasteiger partial charge < -0.3 is 14.2 Å². The van der Waals surface area contributed by atoms with Crippen LogP contribution in [0.4, 0.5) is 0 Å². The number of carbonyl (C=O) groups excluding carboxylic acids is 3. The van der Waals surface area contributed by atoms with Crippen LogP contribution in [0.3, 0.4) is 0 Å². The molecular weight excluding hydrogens is 853 g/mol. The van der Waals surface area contributed by atoms with E-state index in [9.17, 15) is 14.4 Å². The Morgan fingerprint density at radius 1 is 0.304 bits per heavy atom. The van der Waals surface area contributed by atoms with E-state index in [1.165, 1.54) is 167 Å². The van der Waals surface area contributed by atoms with Gasteiger partial charge in [-0.05, 0) is 77.0 Å². The average molecular weight is 964 g/mol. The lowest BCUT2D eigenvalue weighted by Crippen LogP contribution is -2.30. The Bertz CT molecular complexity index is 1290. The number of hydrogen-bond acceptors (Lipinski definition) is 6. The van der Waals surface area contributed by atoms with E-state index in [0.29, 0.717) is 19.3 Å². The maximum Gasteiger partial charge on any atom is 0.306 e. The highest BCUT2D eigenvalue weighted by Gasteiger charge is 2.19. The molecule has 1 unspecified atom stereocenters. The number of hydrogen-bond donors (Lipinski definition) is 0. The van der Waals surface area contributed by atoms with Crippen LogP contribution in [0.5, 0.6) is 0 Å². The van der Waals surface area contributed by atoms with E-state index in [-0.39, 0.29) is 37.5 Å². The van der Waals surface area contributed by atoms with E-state index < -0.39 is 6.10 Å². The molecule has 0 radical (unpaired) electrons. The molecule has 0 N–H and O–H groups in total. The van der Waals surface area contributed by atoms with Crippen molar-refractivity contribution in [3.8, 4) is 0 Å². The Kier molecular flexibility index (Phi) is 54.8. The van der Waals surface area contributed by atoms with Crippen LogP contribution in [0.25, 0.3) is 0 Å². The molecule has 0 rings (SSSR count). The third-order valence-corrected chi connectivity index (χ3v) is 12.7. The molecular formula is C63H110O6. The van der Waals surface area contributed by atoms with Crippen LogP contribution < -0.4 is 0 Å². The zero-order valence-corrected chi connectivity index (χ0v) is 45.6. The molecule has 0 saturated heterocycles. The molecule has 0 heterocycles. The van der Waals surface area contributed by atoms with Crippen LogP contribution in [0.1, 0.15) is 290 Å². The van der Waals surface area contributed by atoms with Crippen molar-refractivity contribution < 1.29 is 28.6 Å². The second kappa shape index (κ2) is 57.4. The number of allylic oxidation sites excluding steroid dienone is 12. The summed E-state index contributed by atoms with van der Waals surface area (Å²) in [7, 11) is 0. The van der Waals surface area contributed by atoms with Crippen LogP contribution in [0, 0.1) is 0 Å². The molecule has 0 spiro atoms. The van der Waals surface area contributed by atoms with E-state index in [4.69, 9.17) is 14.2 Å². The summed E-state index contributed by atoms with van der Waals surface area (Å²) in [6.45, 7) is 6.47. The predicted molar refractivity (Wildman–Crippen MR) is 298 cm³/mol. The molecule has 0 aliphatic carbocycles. The van der Waals surface area contributed by atoms with E-state index >= 15 is 0 Å². The fourth-order valence-corrected chi connectivity index (χ4v) is 8.31. The van der Waals surface area contributed by atoms with Gasteiger partial charge in [0.25, 0.3) is 0 Å². The molecule has 0 fully saturated rings. The molecule has 1 atom stereocenters. The van der Waals surface area contributed by atoms with Crippen molar-refractivity contribution in [2.75, 3.05) is 13.2 Å². The lowest BCUT2D eigenvalue weighted by atomic mass is 10.0. The summed E-state index contributed by atoms with van der Waals surface area (Å²) in [5, 5.41) is 0. The van der Waals surface area contributed by atoms with Crippen LogP contribution in [-0.2, 0) is 28.6 Å². The molecule has 6 heteroatoms. The predicted octanol–water partition coefficient (Wildman–Crippen LogP) is 19.8. The van der Waals surface area contributed by atoms with Gasteiger partial charge in [0.1, 0.15) is 13.2 Å². The zero-order chi connectivity index (χ0) is 50.0. The molecule has 398 valence electrons. The van der Waals surface area contributed by atoms with E-state index in [2.05, 4.69) is 87.6 Å². The molecule has 0 aromatic rings. The Morgan fingerprint density at radius 3 is 0.986 bits per heavy atom. The Balaban J connectivity index is 4.39. The van der Waals surface area contributed by atoms with Crippen molar-refractivity contribution in [3.63, 3.8) is 0 Å². The van der Waals surface area contributed by atoms with Crippen LogP contribution >= 0.6 is 0 Å². The minimum atomic E-state index is -0.807. The maximum absolute atomic E-state index is 12.9. The molecule has 0 aromatic heterocycles. The van der Waals surface area contributed by atoms with Crippen LogP contribution in [0.15, 0.2) is 72.9 Å². The average Bonchev–Trinajstić information content (AvgIpc) is 3.35. The summed E-state index contributed by atoms with van der Waals surface area (Å²) < 4.78 is 16.8. The lowest BCUT2D eigenvalue weighted by molar-refractivity contribution is -0.166. The first kappa shape index (κ1) is 65.8. The van der Waals surface area contributed by atoms with Gasteiger partial charge in [0, 0.05) is 19.3 Å². The number of esters is 3. The smallest absolute Gasteiger partial charge is 0.306 e. The van der Waals surface area contributed by atoms with Gasteiger partial charge in [-0.15, -0.1) is 0 Å². The minimum Gasteiger partial charge on any atom is -0.462 e. The molecule has 0 saturated carbocycles. The number of ether oxygens (including phenoxy) is 3. The van der Waals surface area contributed by atoms with E-state index in [1.54, 1.807) is 0 Å². The SMILES string of the molecule is CC/C=C\C/C=C\C/C=C\C/C=C\CCC(=O)OCC(COC(=O)CCCCCCCCCCCCCCCCCCCCCC)OC(=O)CCCCCCCCC/C=C\C/C=C\CCCCCC. The summed E-state index contributed by atoms with van der Waals surface area (Å²) in [5.74, 6) is -0.981. The first-order valence-electron chi connectivity index (χ1n) is 29.4. The normalized spacial score (nSPS) is 12.6. The summed E-state index contributed by atoms with van der Waals surface area (Å²) in [4.78, 5) is 38.1. The zero-order valence-electron chi connectivity index (χ0n) is 45.6. The summed E-state index contributed by atoms with van der Waals surface area (Å²) in [5.41, 5.74) is 0. The Labute approximate surface area is 427 Å². The highest BCUT2D eigenvalue weighted by atomic mass is 16.6. The fourth-order valence-electron chi connectivity index (χ4n) is 8.31. The largest absolute Gasteiger partial charge is 0.462 e. The summed E-state index contributed by atoms with van der Waals surface area (Å²) in [6.07, 6.45) is 73.4. The minimum absolute atomic E-state index is 0.0983. The molecule has 0 aromatic carbocycles. The first-order valence-corrected chi connectivity index (χ1v) is 29.4. The number of carbonyl (C=O) groups is 3. The highest BCUT2D eigenvalue weighted by molar-refractivity contribution is 5.71. The van der Waals surface area contributed by atoms with Gasteiger partial charge in [-0.2, -0.15) is 0 Å². The molecule has 0 bridgehead atoms. The second-order valence-electron chi connectivity index (χ2n) is 19.5. The number of unbranched alkanes of at least 4 members (excludes halogenated alkanes) is 30. The fraction of sp³-hybridized carbons (Fsp3) is 0.762. The molecule has 69 heavy (non-hydrogen) atoms. The summed E-state index contributed by atoms with van der Waals surface area (Å²) in [6, 6.07) is 0. The van der Waals surface area contributed by atoms with Gasteiger partial charge >= 0.3 is 17.9 Å². The quantitative estimate of drug-likeness (QED) is 0.0262. The van der Waals surface area contributed by atoms with Crippen LogP contribution in [0.2, 0.25) is 0 Å². The Morgan fingerprint density at radius 2 is 0.594 bits per heavy atom. The summed E-state index contributed by atoms with van der Waals surface area (Å²) >= 11 is 0. The second-order valence-corrected chi connectivity index (χ2v) is 19.5. The van der Waals surface area contributed by atoms with Crippen molar-refractivity contribution in [2.24, 2.45) is 0 Å². The Hall–Kier alpha value is -3.15. The van der Waals surface area contributed by atoms with Gasteiger partial charge in [0.05, 0.1) is 0 Å². The van der Waals surface area contributed by atoms with Gasteiger partial charge in [0.2, 0.25) is 0 Å². The van der Waals surface area contributed by atoms with Crippen molar-refractivity contribution in [3.05, 3.63) is 72.9 Å². The van der Waals surface area contributed by atoms with Gasteiger partial charge in [-0.1, -0.05) is 267 Å². The van der Waals surface area contributed by atoms with Crippen molar-refractivity contribution in [2.45, 2.75) is 297 Å². The molecule has 0 amide bonds. The highest BCUT2D eigenvalue weighted by Crippen LogP contribution is 2.16. The first-order chi connectivity index (χ1) is 34.0. The maximum atomic E-state index is 12.9. The van der Waals surface area contributed by atoms with E-state index in [0.717, 1.165) is 77.0 Å². The monoisotopic (exact) mass is 963 g/mol. The van der Waals surface area contributed by atoms with Crippen molar-refractivity contribution >= 4 is 17.9 Å². The number of rotatable bonds is 53. The molecule has 6 nitrogen and oxygen atoms in total. The third kappa shape index (κ3) is 55.6. The third-order valence-electron chi connectivity index (χ3n) is 12.7. The molecule has 0 aliphatic rings. The van der Waals surface area contributed by atoms with E-state index in [1.807, 2.05) is 6.08 Å². The van der Waals surface area contributed by atoms with Crippen molar-refractivity contribution in [1.29, 1.82) is 0 Å². The van der Waals surface area contributed by atoms with Gasteiger partial charge in [-0.3, -0.25) is 14.4 Å². The lowest BCUT2D eigenvalue weighted by Gasteiger charge is -2.18. The molecule has 0 aliphatic heterocycles. The van der Waals surface area contributed by atoms with Gasteiger partial charge in [0.15, 0.2) is 6.10 Å². The van der Waals surface area contributed by atoms with Gasteiger partial charge in [-0.25, -0.2) is 0 Å². The topological polar surface area (TPSA) is 78.9 Å². The van der Waals surface area contributed by atoms with Crippen LogP contribution in [-0.4, -0.2) is 37.2 Å². The standard InChI is InChI=1S/C63H110O6/c1-4-7-10-13-16-19-22-25-27-29-31-32-34-35-38-41-44-47-50-53-56-62(65)68-59-60(58-67-61(64)55-52-49-46-43-40-37-24-21-18-15-12-9-6-3)69-63(66)57-54-51-48-45-42-39-36-33-30-28-26-23-20-17-14-11-8-5-2/h9,12,18,20-21,23,28,30,37,40,46,49,60H,4-8,10-11,13-17,19,22,24-27,29,31-36,38-39,41-45,47-48,50-59H2,1-3H3/b12-9-,21-18-,23-20-,30-28-,40-37-,49-46-.